The highest BCUT2D eigenvalue weighted by molar-refractivity contribution is 5.77. The highest BCUT2D eigenvalue weighted by Gasteiger charge is 2.30. The summed E-state index contributed by atoms with van der Waals surface area (Å²) in [5.74, 6) is -2.17. The average Bonchev–Trinajstić information content (AvgIpc) is 2.77. The molecule has 0 heterocycles. The van der Waals surface area contributed by atoms with Crippen molar-refractivity contribution >= 4 is 18.2 Å². The number of aryl methyl sites for hydroxylation is 1. The largest absolute Gasteiger partial charge is 0.481 e. The predicted molar refractivity (Wildman–Crippen MR) is 130 cm³/mol. The van der Waals surface area contributed by atoms with Gasteiger partial charge in [0.05, 0.1) is 11.8 Å². The summed E-state index contributed by atoms with van der Waals surface area (Å²) >= 11 is 0. The molecule has 0 unspecified atom stereocenters. The Balaban J connectivity index is 2.03. The maximum absolute atomic E-state index is 12.7. The smallest absolute Gasteiger partial charge is 0.309 e. The molecule has 5 nitrogen and oxygen atoms in total. The summed E-state index contributed by atoms with van der Waals surface area (Å²) in [7, 11) is 0. The monoisotopic (exact) mass is 452 g/mol. The van der Waals surface area contributed by atoms with Gasteiger partial charge in [0.2, 0.25) is 0 Å². The number of esters is 1. The van der Waals surface area contributed by atoms with Gasteiger partial charge in [-0.25, -0.2) is 0 Å². The summed E-state index contributed by atoms with van der Waals surface area (Å²) in [6, 6.07) is 15.4. The summed E-state index contributed by atoms with van der Waals surface area (Å²) in [5, 5.41) is 9.80. The fourth-order valence-electron chi connectivity index (χ4n) is 3.81. The molecule has 0 aliphatic rings. The second-order valence-electron chi connectivity index (χ2n) is 9.62. The van der Waals surface area contributed by atoms with E-state index in [0.29, 0.717) is 31.2 Å². The third kappa shape index (κ3) is 8.83. The summed E-state index contributed by atoms with van der Waals surface area (Å²) < 4.78 is 5.56. The first-order valence-corrected chi connectivity index (χ1v) is 11.7. The third-order valence-corrected chi connectivity index (χ3v) is 5.68. The number of carboxylic acid groups (broad SMARTS) is 1. The van der Waals surface area contributed by atoms with Crippen LogP contribution < -0.4 is 0 Å². The zero-order valence-corrected chi connectivity index (χ0v) is 20.2. The lowest BCUT2D eigenvalue weighted by atomic mass is 9.86. The van der Waals surface area contributed by atoms with Crippen molar-refractivity contribution in [1.82, 2.24) is 0 Å². The first-order chi connectivity index (χ1) is 15.6. The van der Waals surface area contributed by atoms with Crippen molar-refractivity contribution in [3.05, 3.63) is 59.7 Å². The Kier molecular flexibility index (Phi) is 9.83. The van der Waals surface area contributed by atoms with Gasteiger partial charge in [0, 0.05) is 5.56 Å². The predicted octanol–water partition coefficient (Wildman–Crippen LogP) is 6.34. The molecule has 1 N–H and O–H groups in total. The molecule has 0 saturated heterocycles. The van der Waals surface area contributed by atoms with Crippen LogP contribution in [0.2, 0.25) is 0 Å². The number of rotatable bonds is 12. The molecular formula is C28H36O5. The number of benzene rings is 2. The van der Waals surface area contributed by atoms with Gasteiger partial charge in [-0.15, -0.1) is 0 Å². The van der Waals surface area contributed by atoms with Crippen LogP contribution in [0.1, 0.15) is 75.7 Å². The van der Waals surface area contributed by atoms with Crippen LogP contribution >= 0.6 is 0 Å². The summed E-state index contributed by atoms with van der Waals surface area (Å²) in [5.41, 5.74) is 3.16. The molecule has 0 bridgehead atoms. The molecule has 0 amide bonds. The van der Waals surface area contributed by atoms with Gasteiger partial charge in [-0.05, 0) is 63.1 Å². The molecule has 33 heavy (non-hydrogen) atoms. The lowest BCUT2D eigenvalue weighted by Crippen LogP contribution is -2.31. The second kappa shape index (κ2) is 12.3. The van der Waals surface area contributed by atoms with Crippen molar-refractivity contribution in [3.8, 4) is 11.1 Å². The van der Waals surface area contributed by atoms with Gasteiger partial charge in [-0.2, -0.15) is 0 Å². The molecule has 2 aromatic rings. The van der Waals surface area contributed by atoms with Crippen LogP contribution in [0.3, 0.4) is 0 Å². The lowest BCUT2D eigenvalue weighted by molar-refractivity contribution is -0.161. The normalized spacial score (nSPS) is 13.2. The molecule has 0 aliphatic carbocycles. The SMILES string of the molecule is CCCC[C@@H](C[C@H](CCc1ccc(-c2ccc(C=O)cc2)cc1)C(=O)O)C(=O)OC(C)(C)C. The Morgan fingerprint density at radius 2 is 1.52 bits per heavy atom. The number of hydrogen-bond acceptors (Lipinski definition) is 4. The fraction of sp³-hybridized carbons (Fsp3) is 0.464. The van der Waals surface area contributed by atoms with Gasteiger partial charge in [0.25, 0.3) is 0 Å². The van der Waals surface area contributed by atoms with Crippen molar-refractivity contribution in [1.29, 1.82) is 0 Å². The van der Waals surface area contributed by atoms with Crippen LogP contribution in [0.25, 0.3) is 11.1 Å². The van der Waals surface area contributed by atoms with E-state index in [4.69, 9.17) is 4.74 Å². The Morgan fingerprint density at radius 3 is 2.00 bits per heavy atom. The van der Waals surface area contributed by atoms with E-state index in [1.54, 1.807) is 12.1 Å². The minimum absolute atomic E-state index is 0.297. The number of carbonyl (C=O) groups is 3. The Morgan fingerprint density at radius 1 is 0.939 bits per heavy atom. The Bertz CT molecular complexity index is 907. The lowest BCUT2D eigenvalue weighted by Gasteiger charge is -2.25. The molecule has 0 aliphatic heterocycles. The van der Waals surface area contributed by atoms with E-state index in [-0.39, 0.29) is 5.97 Å². The van der Waals surface area contributed by atoms with E-state index < -0.39 is 23.4 Å². The maximum atomic E-state index is 12.7. The molecule has 0 spiro atoms. The highest BCUT2D eigenvalue weighted by Crippen LogP contribution is 2.27. The molecule has 2 rings (SSSR count). The molecule has 2 atom stereocenters. The summed E-state index contributed by atoms with van der Waals surface area (Å²) in [4.78, 5) is 35.5. The van der Waals surface area contributed by atoms with E-state index in [0.717, 1.165) is 35.8 Å². The van der Waals surface area contributed by atoms with Crippen molar-refractivity contribution in [2.24, 2.45) is 11.8 Å². The number of aldehydes is 1. The topological polar surface area (TPSA) is 80.7 Å². The van der Waals surface area contributed by atoms with Crippen LogP contribution in [-0.2, 0) is 20.7 Å². The minimum Gasteiger partial charge on any atom is -0.481 e. The van der Waals surface area contributed by atoms with E-state index in [9.17, 15) is 19.5 Å². The molecule has 178 valence electrons. The van der Waals surface area contributed by atoms with Crippen molar-refractivity contribution in [2.75, 3.05) is 0 Å². The fourth-order valence-corrected chi connectivity index (χ4v) is 3.81. The van der Waals surface area contributed by atoms with Gasteiger partial charge in [-0.3, -0.25) is 14.4 Å². The second-order valence-corrected chi connectivity index (χ2v) is 9.62. The van der Waals surface area contributed by atoms with Crippen LogP contribution in [0.5, 0.6) is 0 Å². The minimum atomic E-state index is -0.869. The summed E-state index contributed by atoms with van der Waals surface area (Å²) in [6.07, 6.45) is 4.66. The van der Waals surface area contributed by atoms with Crippen LogP contribution in [0.4, 0.5) is 0 Å². The van der Waals surface area contributed by atoms with E-state index in [1.807, 2.05) is 57.2 Å². The zero-order valence-electron chi connectivity index (χ0n) is 20.2. The number of ether oxygens (including phenoxy) is 1. The van der Waals surface area contributed by atoms with Gasteiger partial charge in [0.1, 0.15) is 11.9 Å². The average molecular weight is 453 g/mol. The number of carbonyl (C=O) groups excluding carboxylic acids is 2. The molecular weight excluding hydrogens is 416 g/mol. The van der Waals surface area contributed by atoms with Crippen LogP contribution in [-0.4, -0.2) is 28.9 Å². The van der Waals surface area contributed by atoms with Crippen LogP contribution in [0, 0.1) is 11.8 Å². The maximum Gasteiger partial charge on any atom is 0.309 e. The van der Waals surface area contributed by atoms with Crippen molar-refractivity contribution in [3.63, 3.8) is 0 Å². The van der Waals surface area contributed by atoms with Gasteiger partial charge in [-0.1, -0.05) is 68.3 Å². The zero-order chi connectivity index (χ0) is 24.4. The van der Waals surface area contributed by atoms with E-state index in [1.165, 1.54) is 0 Å². The van der Waals surface area contributed by atoms with Crippen LogP contribution in [0.15, 0.2) is 48.5 Å². The number of unbranched alkanes of at least 4 members (excludes halogenated alkanes) is 1. The molecule has 0 saturated carbocycles. The Labute approximate surface area is 197 Å². The molecule has 0 fully saturated rings. The molecule has 0 radical (unpaired) electrons. The van der Waals surface area contributed by atoms with E-state index in [2.05, 4.69) is 6.92 Å². The van der Waals surface area contributed by atoms with Crippen molar-refractivity contribution < 1.29 is 24.2 Å². The molecule has 2 aromatic carbocycles. The van der Waals surface area contributed by atoms with E-state index >= 15 is 0 Å². The van der Waals surface area contributed by atoms with Gasteiger partial charge < -0.3 is 9.84 Å². The number of aliphatic carboxylic acids is 1. The van der Waals surface area contributed by atoms with Gasteiger partial charge >= 0.3 is 11.9 Å². The third-order valence-electron chi connectivity index (χ3n) is 5.68. The quantitative estimate of drug-likeness (QED) is 0.300. The standard InChI is InChI=1S/C28H36O5/c1-5-6-7-25(27(32)33-28(2,3)4)18-24(26(30)31)17-10-20-8-13-22(14-9-20)23-15-11-21(19-29)12-16-23/h8-9,11-16,19,24-25H,5-7,10,17-18H2,1-4H3,(H,30,31)/t24-,25-/m0/s1. The molecule has 0 aromatic heterocycles. The highest BCUT2D eigenvalue weighted by atomic mass is 16.6. The molecule has 5 heteroatoms. The van der Waals surface area contributed by atoms with Gasteiger partial charge in [0.15, 0.2) is 0 Å². The van der Waals surface area contributed by atoms with Crippen molar-refractivity contribution in [2.45, 2.75) is 71.8 Å². The first-order valence-electron chi connectivity index (χ1n) is 11.7. The summed E-state index contributed by atoms with van der Waals surface area (Å²) in [6.45, 7) is 7.55. The Hall–Kier alpha value is -2.95. The first kappa shape index (κ1) is 26.3. The number of carboxylic acids is 1. The number of hydrogen-bond donors (Lipinski definition) is 1.